The van der Waals surface area contributed by atoms with Gasteiger partial charge in [-0.05, 0) is 107 Å². The number of pyridine rings is 1. The first-order valence-electron chi connectivity index (χ1n) is 20.9. The Hall–Kier alpha value is -4.60. The van der Waals surface area contributed by atoms with Gasteiger partial charge < -0.3 is 29.5 Å². The van der Waals surface area contributed by atoms with E-state index in [0.717, 1.165) is 18.2 Å². The zero-order chi connectivity index (χ0) is 40.7. The Kier molecular flexibility index (Phi) is 9.59. The second kappa shape index (κ2) is 14.3. The normalized spacial score (nSPS) is 35.6. The summed E-state index contributed by atoms with van der Waals surface area (Å²) in [6, 6.07) is 2.88. The lowest BCUT2D eigenvalue weighted by Gasteiger charge is -2.40. The summed E-state index contributed by atoms with van der Waals surface area (Å²) in [6.07, 6.45) is 9.11. The zero-order valence-electron chi connectivity index (χ0n) is 33.2. The minimum Gasteiger partial charge on any atom is -0.486 e. The van der Waals surface area contributed by atoms with Gasteiger partial charge in [-0.25, -0.2) is 18.2 Å². The van der Waals surface area contributed by atoms with E-state index in [4.69, 9.17) is 14.2 Å². The molecule has 3 aliphatic heterocycles. The highest BCUT2D eigenvalue weighted by Gasteiger charge is 2.63. The molecule has 1 unspecified atom stereocenters. The second-order valence-electron chi connectivity index (χ2n) is 18.3. The van der Waals surface area contributed by atoms with E-state index in [1.807, 2.05) is 25.1 Å². The molecule has 5 fully saturated rings. The fourth-order valence-corrected chi connectivity index (χ4v) is 11.5. The molecule has 58 heavy (non-hydrogen) atoms. The molecule has 3 N–H and O–H groups in total. The third kappa shape index (κ3) is 6.92. The van der Waals surface area contributed by atoms with Crippen LogP contribution in [0.1, 0.15) is 85.0 Å². The van der Waals surface area contributed by atoms with E-state index in [0.29, 0.717) is 80.5 Å². The lowest BCUT2D eigenvalue weighted by Crippen LogP contribution is -2.61. The molecule has 0 spiro atoms. The fraction of sp³-hybridized carbons (Fsp3) is 0.643. The van der Waals surface area contributed by atoms with E-state index < -0.39 is 68.2 Å². The lowest BCUT2D eigenvalue weighted by molar-refractivity contribution is -0.145. The number of nitrogens with one attached hydrogen (secondary N) is 2. The molecule has 4 amide bonds. The molecule has 7 aliphatic rings. The summed E-state index contributed by atoms with van der Waals surface area (Å²) >= 11 is 0. The van der Waals surface area contributed by atoms with Gasteiger partial charge in [0.15, 0.2) is 11.5 Å². The quantitative estimate of drug-likeness (QED) is 0.336. The van der Waals surface area contributed by atoms with Crippen LogP contribution in [-0.4, -0.2) is 106 Å². The molecule has 312 valence electrons. The van der Waals surface area contributed by atoms with Crippen LogP contribution in [0.2, 0.25) is 0 Å². The number of rotatable bonds is 7. The van der Waals surface area contributed by atoms with Gasteiger partial charge in [0.05, 0.1) is 11.3 Å². The number of hydrogen-bond acceptors (Lipinski definition) is 10. The number of carbonyl (C=O) groups excluding carboxylic acids is 3. The smallest absolute Gasteiger partial charge is 0.408 e. The Morgan fingerprint density at radius 2 is 1.79 bits per heavy atom. The third-order valence-corrected chi connectivity index (χ3v) is 16.2. The molecule has 1 aromatic heterocycles. The minimum atomic E-state index is -4.02. The molecule has 4 heterocycles. The van der Waals surface area contributed by atoms with Crippen LogP contribution in [0.4, 0.5) is 4.79 Å². The van der Waals surface area contributed by atoms with Crippen molar-refractivity contribution in [2.24, 2.45) is 29.6 Å². The molecule has 1 aromatic carbocycles. The van der Waals surface area contributed by atoms with Gasteiger partial charge in [0.1, 0.15) is 36.9 Å². The summed E-state index contributed by atoms with van der Waals surface area (Å²) < 4.78 is 46.1. The first-order chi connectivity index (χ1) is 27.7. The standard InChI is InChI=1S/C42H53N5O10S/c1-23-6-4-5-7-27-21-42(27,39(50)45-58(53,54)41(3)11-12-41)44-36(48)32-20-29(57-37-31-8-9-33-35(56-15-14-55-33)30(31)10-13-43-37)22-46(32)38(49)34(24(2)16-23)47(40(51)52)28-18-25-17-26(25)19-28/h5,7-10,13,23-29,32,34H,4,6,11-12,14-22H2,1-3H3,(H,44,48)(H,45,50)(H,51,52)/b7-5-/t23-,24-,25-,26+,27-,28?,29-,32+,34+,42-/m1/s1. The number of carboxylic acid groups (broad SMARTS) is 1. The number of sulfonamides is 1. The molecule has 4 saturated carbocycles. The van der Waals surface area contributed by atoms with E-state index in [2.05, 4.69) is 21.9 Å². The van der Waals surface area contributed by atoms with Crippen LogP contribution in [0.25, 0.3) is 10.8 Å². The second-order valence-corrected chi connectivity index (χ2v) is 20.5. The van der Waals surface area contributed by atoms with Gasteiger partial charge in [0, 0.05) is 35.3 Å². The minimum absolute atomic E-state index is 0.0208. The molecule has 16 heteroatoms. The van der Waals surface area contributed by atoms with Crippen molar-refractivity contribution >= 4 is 44.6 Å². The van der Waals surface area contributed by atoms with Crippen molar-refractivity contribution < 1.29 is 46.9 Å². The van der Waals surface area contributed by atoms with Gasteiger partial charge in [0.25, 0.3) is 5.91 Å². The molecule has 0 radical (unpaired) electrons. The largest absolute Gasteiger partial charge is 0.486 e. The molecule has 1 saturated heterocycles. The number of aromatic nitrogens is 1. The Labute approximate surface area is 338 Å². The molecular weight excluding hydrogens is 767 g/mol. The van der Waals surface area contributed by atoms with Gasteiger partial charge >= 0.3 is 6.09 Å². The van der Waals surface area contributed by atoms with Gasteiger partial charge in [-0.3, -0.25) is 24.0 Å². The number of ether oxygens (including phenoxy) is 3. The molecular formula is C42H53N5O10S. The van der Waals surface area contributed by atoms with Crippen molar-refractivity contribution in [3.63, 3.8) is 0 Å². The van der Waals surface area contributed by atoms with Crippen LogP contribution >= 0.6 is 0 Å². The highest BCUT2D eigenvalue weighted by atomic mass is 32.2. The Morgan fingerprint density at radius 3 is 2.53 bits per heavy atom. The topological polar surface area (TPSA) is 194 Å². The van der Waals surface area contributed by atoms with Crippen molar-refractivity contribution in [3.8, 4) is 17.4 Å². The summed E-state index contributed by atoms with van der Waals surface area (Å²) in [7, 11) is -4.02. The molecule has 4 aliphatic carbocycles. The van der Waals surface area contributed by atoms with Crippen molar-refractivity contribution in [2.75, 3.05) is 19.8 Å². The van der Waals surface area contributed by atoms with Gasteiger partial charge in [-0.1, -0.05) is 26.0 Å². The van der Waals surface area contributed by atoms with E-state index in [-0.39, 0.29) is 43.1 Å². The summed E-state index contributed by atoms with van der Waals surface area (Å²) in [4.78, 5) is 64.6. The van der Waals surface area contributed by atoms with Crippen LogP contribution in [0.15, 0.2) is 36.5 Å². The summed E-state index contributed by atoms with van der Waals surface area (Å²) in [6.45, 7) is 6.39. The number of amides is 4. The van der Waals surface area contributed by atoms with E-state index >= 15 is 4.79 Å². The summed E-state index contributed by atoms with van der Waals surface area (Å²) in [5.41, 5.74) is -1.55. The van der Waals surface area contributed by atoms with E-state index in [1.54, 1.807) is 25.3 Å². The Balaban J connectivity index is 1.07. The molecule has 2 aromatic rings. The predicted octanol–water partition coefficient (Wildman–Crippen LogP) is 4.39. The summed E-state index contributed by atoms with van der Waals surface area (Å²) in [5, 5.41) is 15.1. The maximum Gasteiger partial charge on any atom is 0.408 e. The lowest BCUT2D eigenvalue weighted by atomic mass is 9.86. The number of nitrogens with zero attached hydrogens (tertiary/aromatic N) is 3. The average Bonchev–Trinajstić information content (AvgIpc) is 4.14. The average molecular weight is 820 g/mol. The van der Waals surface area contributed by atoms with Crippen LogP contribution in [0, 0.1) is 29.6 Å². The molecule has 9 rings (SSSR count). The first kappa shape index (κ1) is 38.9. The monoisotopic (exact) mass is 819 g/mol. The third-order valence-electron chi connectivity index (χ3n) is 14.0. The zero-order valence-corrected chi connectivity index (χ0v) is 34.0. The maximum absolute atomic E-state index is 15.3. The summed E-state index contributed by atoms with van der Waals surface area (Å²) in [5.74, 6) is -0.253. The van der Waals surface area contributed by atoms with Crippen LogP contribution < -0.4 is 24.2 Å². The van der Waals surface area contributed by atoms with E-state index in [9.17, 15) is 27.9 Å². The fourth-order valence-electron chi connectivity index (χ4n) is 10.2. The number of fused-ring (bicyclic) bond motifs is 6. The molecule has 15 nitrogen and oxygen atoms in total. The van der Waals surface area contributed by atoms with Crippen molar-refractivity contribution in [3.05, 3.63) is 36.5 Å². The first-order valence-corrected chi connectivity index (χ1v) is 22.4. The highest BCUT2D eigenvalue weighted by Crippen LogP contribution is 2.54. The Bertz CT molecular complexity index is 2170. The predicted molar refractivity (Wildman–Crippen MR) is 211 cm³/mol. The van der Waals surface area contributed by atoms with Crippen molar-refractivity contribution in [1.29, 1.82) is 0 Å². The van der Waals surface area contributed by atoms with Crippen LogP contribution in [0.5, 0.6) is 17.4 Å². The Morgan fingerprint density at radius 1 is 1.03 bits per heavy atom. The number of hydrogen-bond donors (Lipinski definition) is 3. The van der Waals surface area contributed by atoms with Gasteiger partial charge in [-0.15, -0.1) is 0 Å². The number of allylic oxidation sites excluding steroid dienone is 1. The van der Waals surface area contributed by atoms with Crippen LogP contribution in [0.3, 0.4) is 0 Å². The number of benzene rings is 1. The maximum atomic E-state index is 15.3. The number of carbonyl (C=O) groups is 4. The van der Waals surface area contributed by atoms with E-state index in [1.165, 1.54) is 9.80 Å². The van der Waals surface area contributed by atoms with Crippen molar-refractivity contribution in [1.82, 2.24) is 24.8 Å². The van der Waals surface area contributed by atoms with Gasteiger partial charge in [0.2, 0.25) is 27.7 Å². The van der Waals surface area contributed by atoms with Gasteiger partial charge in [-0.2, -0.15) is 0 Å². The highest BCUT2D eigenvalue weighted by molar-refractivity contribution is 7.91. The van der Waals surface area contributed by atoms with Crippen molar-refractivity contribution in [2.45, 2.75) is 119 Å². The molecule has 10 atom stereocenters. The van der Waals surface area contributed by atoms with Crippen LogP contribution in [-0.2, 0) is 24.4 Å². The SMILES string of the molecule is C[C@@H]1CC/C=C\[C@@H]2C[C@@]2(C(=O)NS(=O)(=O)C2(C)CC2)NC(=O)[C@@H]2C[C@@H](Oc3nccc4c5c(ccc34)OCCO5)CN2C(=O)[C@@H](N(C(=O)O)C2C[C@@H]3C[C@@H]3C2)[C@H](C)C1. The molecule has 0 bridgehead atoms.